The van der Waals surface area contributed by atoms with Crippen LogP contribution < -0.4 is 5.32 Å². The average molecular weight is 597 g/mol. The Bertz CT molecular complexity index is 1190. The number of allylic oxidation sites excluding steroid dienone is 2. The molecule has 0 aromatic carbocycles. The SMILES string of the molecule is COC(=O)C12CCC(C)(C)CC1C1=CCC3C4(C)CC(C(=O)NCCCN(C)C)C(=O)C(C)(C)C4CCC3(C)C1(C)CC2. The Labute approximate surface area is 261 Å². The van der Waals surface area contributed by atoms with Gasteiger partial charge in [0.1, 0.15) is 0 Å². The fourth-order valence-corrected chi connectivity index (χ4v) is 11.7. The Kier molecular flexibility index (Phi) is 8.13. The van der Waals surface area contributed by atoms with Crippen molar-refractivity contribution < 1.29 is 19.1 Å². The number of amides is 1. The molecule has 4 saturated carbocycles. The normalized spacial score (nSPS) is 43.0. The standard InChI is InChI=1S/C37H60N2O4/c1-32(2)16-18-37(31(42)43-10)19-17-35(6)25(26(37)23-32)12-13-28-34(5)22-24(30(41)38-20-11-21-39(8)9)29(40)33(3,4)27(34)14-15-36(28,35)7/h12,24,26-28H,11,13-23H2,1-10H3,(H,38,41). The van der Waals surface area contributed by atoms with Crippen LogP contribution in [0.25, 0.3) is 0 Å². The molecule has 6 nitrogen and oxygen atoms in total. The van der Waals surface area contributed by atoms with Gasteiger partial charge in [0.25, 0.3) is 0 Å². The summed E-state index contributed by atoms with van der Waals surface area (Å²) in [6.07, 6.45) is 12.0. The van der Waals surface area contributed by atoms with Gasteiger partial charge in [-0.25, -0.2) is 0 Å². The third-order valence-electron chi connectivity index (χ3n) is 14.4. The molecular weight excluding hydrogens is 536 g/mol. The van der Waals surface area contributed by atoms with Crippen LogP contribution in [0.15, 0.2) is 11.6 Å². The van der Waals surface area contributed by atoms with Crippen LogP contribution in [0.4, 0.5) is 0 Å². The van der Waals surface area contributed by atoms with Crippen molar-refractivity contribution in [2.75, 3.05) is 34.3 Å². The lowest BCUT2D eigenvalue weighted by Crippen LogP contribution is -2.66. The second-order valence-corrected chi connectivity index (χ2v) is 17.7. The van der Waals surface area contributed by atoms with Gasteiger partial charge in [0, 0.05) is 12.0 Å². The van der Waals surface area contributed by atoms with E-state index in [-0.39, 0.29) is 51.2 Å². The van der Waals surface area contributed by atoms with E-state index in [4.69, 9.17) is 4.74 Å². The highest BCUT2D eigenvalue weighted by molar-refractivity contribution is 6.04. The molecule has 5 rings (SSSR count). The fraction of sp³-hybridized carbons (Fsp3) is 0.865. The van der Waals surface area contributed by atoms with Crippen molar-refractivity contribution in [1.29, 1.82) is 0 Å². The number of ether oxygens (including phenoxy) is 1. The van der Waals surface area contributed by atoms with Gasteiger partial charge in [-0.1, -0.05) is 60.1 Å². The maximum Gasteiger partial charge on any atom is 0.312 e. The summed E-state index contributed by atoms with van der Waals surface area (Å²) in [5.74, 6) is 0.314. The van der Waals surface area contributed by atoms with Gasteiger partial charge in [0.2, 0.25) is 5.91 Å². The first-order valence-electron chi connectivity index (χ1n) is 17.2. The van der Waals surface area contributed by atoms with Crippen molar-refractivity contribution in [3.05, 3.63) is 11.6 Å². The lowest BCUT2D eigenvalue weighted by Gasteiger charge is -2.71. The van der Waals surface area contributed by atoms with Gasteiger partial charge >= 0.3 is 5.97 Å². The van der Waals surface area contributed by atoms with Gasteiger partial charge < -0.3 is 15.0 Å². The van der Waals surface area contributed by atoms with E-state index in [1.165, 1.54) is 5.57 Å². The number of carbonyl (C=O) groups excluding carboxylic acids is 3. The first kappa shape index (κ1) is 32.7. The Hall–Kier alpha value is -1.69. The van der Waals surface area contributed by atoms with E-state index in [0.717, 1.165) is 64.3 Å². The number of rotatable bonds is 6. The predicted octanol–water partition coefficient (Wildman–Crippen LogP) is 6.82. The molecule has 5 aliphatic rings. The first-order chi connectivity index (χ1) is 19.9. The van der Waals surface area contributed by atoms with E-state index in [1.54, 1.807) is 7.11 Å². The van der Waals surface area contributed by atoms with Gasteiger partial charge in [-0.2, -0.15) is 0 Å². The number of methoxy groups -OCH3 is 1. The van der Waals surface area contributed by atoms with E-state index in [2.05, 4.69) is 64.8 Å². The smallest absolute Gasteiger partial charge is 0.312 e. The van der Waals surface area contributed by atoms with Crippen molar-refractivity contribution in [1.82, 2.24) is 10.2 Å². The molecule has 6 heteroatoms. The van der Waals surface area contributed by atoms with Crippen LogP contribution in [0.1, 0.15) is 113 Å². The third kappa shape index (κ3) is 4.77. The van der Waals surface area contributed by atoms with Crippen LogP contribution in [0.2, 0.25) is 0 Å². The molecule has 5 aliphatic carbocycles. The molecule has 0 radical (unpaired) electrons. The van der Waals surface area contributed by atoms with Gasteiger partial charge in [-0.05, 0) is 124 Å². The molecule has 8 unspecified atom stereocenters. The number of Topliss-reactive ketones (excluding diaryl/α,β-unsaturated/α-hetero) is 1. The molecule has 8 atom stereocenters. The van der Waals surface area contributed by atoms with Crippen molar-refractivity contribution in [2.45, 2.75) is 113 Å². The minimum atomic E-state index is -0.589. The van der Waals surface area contributed by atoms with Crippen molar-refractivity contribution in [3.8, 4) is 0 Å². The van der Waals surface area contributed by atoms with Crippen LogP contribution in [0.5, 0.6) is 0 Å². The molecule has 4 fully saturated rings. The zero-order valence-electron chi connectivity index (χ0n) is 29.0. The second-order valence-electron chi connectivity index (χ2n) is 17.7. The Balaban J connectivity index is 1.51. The maximum absolute atomic E-state index is 14.0. The molecule has 1 N–H and O–H groups in total. The highest BCUT2D eigenvalue weighted by Crippen LogP contribution is 2.75. The van der Waals surface area contributed by atoms with E-state index in [1.807, 2.05) is 14.1 Å². The highest BCUT2D eigenvalue weighted by Gasteiger charge is 2.70. The molecule has 43 heavy (non-hydrogen) atoms. The maximum atomic E-state index is 14.0. The van der Waals surface area contributed by atoms with Gasteiger partial charge in [0.15, 0.2) is 5.78 Å². The summed E-state index contributed by atoms with van der Waals surface area (Å²) >= 11 is 0. The number of hydrogen-bond donors (Lipinski definition) is 1. The zero-order chi connectivity index (χ0) is 31.8. The molecule has 0 aliphatic heterocycles. The fourth-order valence-electron chi connectivity index (χ4n) is 11.7. The van der Waals surface area contributed by atoms with Crippen LogP contribution in [0, 0.1) is 56.2 Å². The van der Waals surface area contributed by atoms with Gasteiger partial charge in [-0.15, -0.1) is 0 Å². The number of esters is 1. The van der Waals surface area contributed by atoms with Crippen molar-refractivity contribution in [3.63, 3.8) is 0 Å². The Morgan fingerprint density at radius 2 is 1.63 bits per heavy atom. The van der Waals surface area contributed by atoms with Crippen LogP contribution >= 0.6 is 0 Å². The molecule has 0 bridgehead atoms. The molecular formula is C37H60N2O4. The zero-order valence-corrected chi connectivity index (χ0v) is 29.0. The summed E-state index contributed by atoms with van der Waals surface area (Å²) in [5, 5.41) is 3.14. The third-order valence-corrected chi connectivity index (χ3v) is 14.4. The van der Waals surface area contributed by atoms with E-state index >= 15 is 0 Å². The molecule has 1 amide bonds. The minimum absolute atomic E-state index is 0.00845. The summed E-state index contributed by atoms with van der Waals surface area (Å²) in [5.41, 5.74) is 0.663. The van der Waals surface area contributed by atoms with Gasteiger partial charge in [-0.3, -0.25) is 14.4 Å². The Morgan fingerprint density at radius 1 is 0.953 bits per heavy atom. The van der Waals surface area contributed by atoms with Crippen LogP contribution in [-0.2, 0) is 19.1 Å². The number of nitrogens with zero attached hydrogens (tertiary/aromatic N) is 1. The highest BCUT2D eigenvalue weighted by atomic mass is 16.5. The van der Waals surface area contributed by atoms with E-state index < -0.39 is 16.7 Å². The number of fused-ring (bicyclic) bond motifs is 7. The van der Waals surface area contributed by atoms with E-state index in [9.17, 15) is 14.4 Å². The lowest BCUT2D eigenvalue weighted by molar-refractivity contribution is -0.196. The molecule has 0 spiro atoms. The summed E-state index contributed by atoms with van der Waals surface area (Å²) in [6.45, 7) is 17.9. The number of ketones is 1. The molecule has 0 aromatic rings. The largest absolute Gasteiger partial charge is 0.469 e. The predicted molar refractivity (Wildman–Crippen MR) is 171 cm³/mol. The quantitative estimate of drug-likeness (QED) is 0.158. The van der Waals surface area contributed by atoms with E-state index in [0.29, 0.717) is 18.9 Å². The summed E-state index contributed by atoms with van der Waals surface area (Å²) in [7, 11) is 5.65. The first-order valence-corrected chi connectivity index (χ1v) is 17.2. The molecule has 0 aromatic heterocycles. The monoisotopic (exact) mass is 596 g/mol. The molecule has 0 heterocycles. The van der Waals surface area contributed by atoms with Crippen LogP contribution in [-0.4, -0.2) is 56.9 Å². The molecule has 0 saturated heterocycles. The number of hydrogen-bond acceptors (Lipinski definition) is 5. The van der Waals surface area contributed by atoms with Crippen molar-refractivity contribution in [2.24, 2.45) is 56.2 Å². The summed E-state index contributed by atoms with van der Waals surface area (Å²) in [6, 6.07) is 0. The van der Waals surface area contributed by atoms with Gasteiger partial charge in [0.05, 0.1) is 18.4 Å². The average Bonchev–Trinajstić information content (AvgIpc) is 2.92. The minimum Gasteiger partial charge on any atom is -0.469 e. The second kappa shape index (κ2) is 10.7. The van der Waals surface area contributed by atoms with Crippen molar-refractivity contribution >= 4 is 17.7 Å². The Morgan fingerprint density at radius 3 is 2.28 bits per heavy atom. The lowest BCUT2D eigenvalue weighted by atomic mass is 9.33. The summed E-state index contributed by atoms with van der Waals surface area (Å²) in [4.78, 5) is 43.3. The summed E-state index contributed by atoms with van der Waals surface area (Å²) < 4.78 is 5.52. The topological polar surface area (TPSA) is 75.7 Å². The van der Waals surface area contributed by atoms with Crippen LogP contribution in [0.3, 0.4) is 0 Å². The molecule has 242 valence electrons. The number of carbonyl (C=O) groups is 3. The number of nitrogens with one attached hydrogen (secondary N) is 1.